The standard InChI is InChI=1S/C10H12O2/c11-7-10-9(12-10)6-8-4-2-1-3-5-8/h1-5,9-11H,6-7H2/t9?,10-/m1/s1. The SMILES string of the molecule is OC[C@H]1OC1Cc1ccccc1. The number of benzene rings is 1. The van der Waals surface area contributed by atoms with Crippen LogP contribution < -0.4 is 0 Å². The van der Waals surface area contributed by atoms with Gasteiger partial charge < -0.3 is 9.84 Å². The molecule has 0 spiro atoms. The Hall–Kier alpha value is -0.860. The van der Waals surface area contributed by atoms with Gasteiger partial charge in [0.25, 0.3) is 0 Å². The summed E-state index contributed by atoms with van der Waals surface area (Å²) in [4.78, 5) is 0. The van der Waals surface area contributed by atoms with Crippen LogP contribution in [0.5, 0.6) is 0 Å². The molecule has 1 aromatic carbocycles. The molecule has 1 aromatic rings. The van der Waals surface area contributed by atoms with Crippen LogP contribution in [0.2, 0.25) is 0 Å². The minimum absolute atomic E-state index is 0.0882. The Balaban J connectivity index is 1.89. The molecule has 2 atom stereocenters. The molecule has 1 saturated heterocycles. The van der Waals surface area contributed by atoms with Gasteiger partial charge in [-0.25, -0.2) is 0 Å². The van der Waals surface area contributed by atoms with Gasteiger partial charge in [0.1, 0.15) is 6.10 Å². The van der Waals surface area contributed by atoms with Gasteiger partial charge in [-0.3, -0.25) is 0 Å². The van der Waals surface area contributed by atoms with E-state index < -0.39 is 0 Å². The van der Waals surface area contributed by atoms with E-state index in [2.05, 4.69) is 12.1 Å². The van der Waals surface area contributed by atoms with Crippen molar-refractivity contribution in [2.45, 2.75) is 18.6 Å². The summed E-state index contributed by atoms with van der Waals surface area (Å²) < 4.78 is 5.22. The van der Waals surface area contributed by atoms with Crippen LogP contribution >= 0.6 is 0 Å². The van der Waals surface area contributed by atoms with Crippen molar-refractivity contribution in [2.24, 2.45) is 0 Å². The van der Waals surface area contributed by atoms with E-state index in [1.165, 1.54) is 5.56 Å². The van der Waals surface area contributed by atoms with E-state index in [9.17, 15) is 0 Å². The van der Waals surface area contributed by atoms with Crippen molar-refractivity contribution in [3.63, 3.8) is 0 Å². The molecule has 0 aliphatic carbocycles. The number of aliphatic hydroxyl groups excluding tert-OH is 1. The van der Waals surface area contributed by atoms with Crippen LogP contribution in [0.15, 0.2) is 30.3 Å². The van der Waals surface area contributed by atoms with Gasteiger partial charge in [-0.05, 0) is 5.56 Å². The van der Waals surface area contributed by atoms with E-state index in [0.717, 1.165) is 6.42 Å². The first-order valence-electron chi connectivity index (χ1n) is 4.20. The van der Waals surface area contributed by atoms with Crippen molar-refractivity contribution >= 4 is 0 Å². The molecule has 0 saturated carbocycles. The third kappa shape index (κ3) is 1.65. The normalized spacial score (nSPS) is 27.1. The molecule has 1 N–H and O–H groups in total. The van der Waals surface area contributed by atoms with Crippen LogP contribution in [0.4, 0.5) is 0 Å². The Morgan fingerprint density at radius 3 is 2.50 bits per heavy atom. The maximum absolute atomic E-state index is 8.73. The van der Waals surface area contributed by atoms with E-state index in [4.69, 9.17) is 9.84 Å². The summed E-state index contributed by atoms with van der Waals surface area (Å²) in [7, 11) is 0. The first-order valence-corrected chi connectivity index (χ1v) is 4.20. The van der Waals surface area contributed by atoms with E-state index >= 15 is 0 Å². The van der Waals surface area contributed by atoms with Crippen LogP contribution in [0, 0.1) is 0 Å². The summed E-state index contributed by atoms with van der Waals surface area (Å²) in [6, 6.07) is 10.2. The van der Waals surface area contributed by atoms with Gasteiger partial charge in [-0.2, -0.15) is 0 Å². The van der Waals surface area contributed by atoms with Gasteiger partial charge in [0.05, 0.1) is 12.7 Å². The minimum atomic E-state index is 0.0882. The van der Waals surface area contributed by atoms with Crippen LogP contribution in [0.25, 0.3) is 0 Å². The van der Waals surface area contributed by atoms with Gasteiger partial charge in [0.15, 0.2) is 0 Å². The second-order valence-corrected chi connectivity index (χ2v) is 3.09. The molecule has 2 heteroatoms. The molecule has 0 bridgehead atoms. The Morgan fingerprint density at radius 2 is 1.92 bits per heavy atom. The Kier molecular flexibility index (Phi) is 2.11. The van der Waals surface area contributed by atoms with Crippen molar-refractivity contribution in [1.82, 2.24) is 0 Å². The zero-order chi connectivity index (χ0) is 8.39. The van der Waals surface area contributed by atoms with Crippen molar-refractivity contribution in [1.29, 1.82) is 0 Å². The summed E-state index contributed by atoms with van der Waals surface area (Å²) in [5.74, 6) is 0. The van der Waals surface area contributed by atoms with Crippen LogP contribution in [-0.4, -0.2) is 23.9 Å². The van der Waals surface area contributed by atoms with Gasteiger partial charge in [0.2, 0.25) is 0 Å². The average Bonchev–Trinajstić information content (AvgIpc) is 2.85. The molecule has 1 unspecified atom stereocenters. The average molecular weight is 164 g/mol. The van der Waals surface area contributed by atoms with E-state index in [1.54, 1.807) is 0 Å². The quantitative estimate of drug-likeness (QED) is 0.676. The molecule has 12 heavy (non-hydrogen) atoms. The zero-order valence-corrected chi connectivity index (χ0v) is 6.81. The maximum Gasteiger partial charge on any atom is 0.107 e. The Morgan fingerprint density at radius 1 is 1.17 bits per heavy atom. The highest BCUT2D eigenvalue weighted by molar-refractivity contribution is 5.17. The van der Waals surface area contributed by atoms with Crippen molar-refractivity contribution in [3.8, 4) is 0 Å². The van der Waals surface area contributed by atoms with Crippen LogP contribution in [0.1, 0.15) is 5.56 Å². The molecule has 0 amide bonds. The molecular weight excluding hydrogens is 152 g/mol. The lowest BCUT2D eigenvalue weighted by Gasteiger charge is -1.95. The molecule has 0 radical (unpaired) electrons. The maximum atomic E-state index is 8.73. The van der Waals surface area contributed by atoms with E-state index in [0.29, 0.717) is 0 Å². The topological polar surface area (TPSA) is 32.8 Å². The predicted octanol–water partition coefficient (Wildman–Crippen LogP) is 0.989. The first kappa shape index (κ1) is 7.77. The molecule has 1 fully saturated rings. The van der Waals surface area contributed by atoms with Gasteiger partial charge in [-0.15, -0.1) is 0 Å². The third-order valence-corrected chi connectivity index (χ3v) is 2.15. The highest BCUT2D eigenvalue weighted by atomic mass is 16.6. The number of aliphatic hydroxyl groups is 1. The molecule has 1 aliphatic heterocycles. The molecule has 1 aliphatic rings. The molecule has 64 valence electrons. The summed E-state index contributed by atoms with van der Waals surface area (Å²) in [5, 5.41) is 8.73. The fourth-order valence-corrected chi connectivity index (χ4v) is 1.37. The lowest BCUT2D eigenvalue weighted by atomic mass is 10.1. The second kappa shape index (κ2) is 3.25. The summed E-state index contributed by atoms with van der Waals surface area (Å²) in [5.41, 5.74) is 1.28. The smallest absolute Gasteiger partial charge is 0.107 e. The third-order valence-electron chi connectivity index (χ3n) is 2.15. The van der Waals surface area contributed by atoms with Crippen LogP contribution in [0.3, 0.4) is 0 Å². The molecular formula is C10H12O2. The van der Waals surface area contributed by atoms with Gasteiger partial charge in [0, 0.05) is 6.42 Å². The molecule has 2 rings (SSSR count). The van der Waals surface area contributed by atoms with Crippen molar-refractivity contribution in [3.05, 3.63) is 35.9 Å². The fourth-order valence-electron chi connectivity index (χ4n) is 1.37. The number of hydrogen-bond donors (Lipinski definition) is 1. The molecule has 2 nitrogen and oxygen atoms in total. The number of ether oxygens (including phenoxy) is 1. The Labute approximate surface area is 71.8 Å². The summed E-state index contributed by atoms with van der Waals surface area (Å²) in [6.07, 6.45) is 1.26. The van der Waals surface area contributed by atoms with E-state index in [1.807, 2.05) is 18.2 Å². The largest absolute Gasteiger partial charge is 0.394 e. The number of hydrogen-bond acceptors (Lipinski definition) is 2. The Bertz CT molecular complexity index is 245. The highest BCUT2D eigenvalue weighted by Gasteiger charge is 2.37. The zero-order valence-electron chi connectivity index (χ0n) is 6.81. The first-order chi connectivity index (χ1) is 5.90. The van der Waals surface area contributed by atoms with Gasteiger partial charge >= 0.3 is 0 Å². The van der Waals surface area contributed by atoms with Crippen molar-refractivity contribution < 1.29 is 9.84 Å². The lowest BCUT2D eigenvalue weighted by molar-refractivity contribution is 0.242. The number of epoxide rings is 1. The summed E-state index contributed by atoms with van der Waals surface area (Å²) in [6.45, 7) is 0.150. The van der Waals surface area contributed by atoms with Crippen molar-refractivity contribution in [2.75, 3.05) is 6.61 Å². The number of rotatable bonds is 3. The molecule has 1 heterocycles. The second-order valence-electron chi connectivity index (χ2n) is 3.09. The fraction of sp³-hybridized carbons (Fsp3) is 0.400. The van der Waals surface area contributed by atoms with E-state index in [-0.39, 0.29) is 18.8 Å². The van der Waals surface area contributed by atoms with Gasteiger partial charge in [-0.1, -0.05) is 30.3 Å². The highest BCUT2D eigenvalue weighted by Crippen LogP contribution is 2.24. The summed E-state index contributed by atoms with van der Waals surface area (Å²) >= 11 is 0. The van der Waals surface area contributed by atoms with Crippen LogP contribution in [-0.2, 0) is 11.2 Å². The predicted molar refractivity (Wildman–Crippen MR) is 45.9 cm³/mol. The minimum Gasteiger partial charge on any atom is -0.394 e. The molecule has 0 aromatic heterocycles. The lowest BCUT2D eigenvalue weighted by Crippen LogP contribution is -2.01. The monoisotopic (exact) mass is 164 g/mol.